The summed E-state index contributed by atoms with van der Waals surface area (Å²) in [6.45, 7) is 0. The molecule has 33 heavy (non-hydrogen) atoms. The third-order valence-electron chi connectivity index (χ3n) is 4.46. The molecule has 0 aliphatic heterocycles. The molecule has 0 saturated carbocycles. The predicted octanol–water partition coefficient (Wildman–Crippen LogP) is 7.57. The van der Waals surface area contributed by atoms with Gasteiger partial charge >= 0.3 is 0 Å². The first-order valence-corrected chi connectivity index (χ1v) is 8.61. The SMILES string of the molecule is Fc1c(F)c(F)c(-c2c(F)c(F)c(-c3c(F)c(F)c(CCl)c(F)c3F)c(F)c2F)c(F)c1F. The molecule has 0 aromatic heterocycles. The van der Waals surface area contributed by atoms with Crippen LogP contribution in [0, 0.1) is 75.6 Å². The molecule has 0 nitrogen and oxygen atoms in total. The molecule has 0 amide bonds. The molecule has 0 saturated heterocycles. The number of rotatable bonds is 3. The van der Waals surface area contributed by atoms with Crippen LogP contribution >= 0.6 is 11.6 Å². The van der Waals surface area contributed by atoms with Crippen molar-refractivity contribution in [3.63, 3.8) is 0 Å². The first kappa shape index (κ1) is 24.7. The summed E-state index contributed by atoms with van der Waals surface area (Å²) in [7, 11) is 0. The Balaban J connectivity index is 2.49. The van der Waals surface area contributed by atoms with E-state index in [9.17, 15) is 57.1 Å². The van der Waals surface area contributed by atoms with Gasteiger partial charge in [-0.2, -0.15) is 0 Å². The van der Waals surface area contributed by atoms with Crippen LogP contribution in [0.1, 0.15) is 5.56 Å². The fourth-order valence-electron chi connectivity index (χ4n) is 2.91. The summed E-state index contributed by atoms with van der Waals surface area (Å²) in [6.07, 6.45) is 0. The topological polar surface area (TPSA) is 0 Å². The van der Waals surface area contributed by atoms with Crippen molar-refractivity contribution in [3.8, 4) is 22.3 Å². The molecule has 0 unspecified atom stereocenters. The average molecular weight is 513 g/mol. The van der Waals surface area contributed by atoms with E-state index in [1.807, 2.05) is 0 Å². The third kappa shape index (κ3) is 3.40. The Morgan fingerprint density at radius 3 is 0.727 bits per heavy atom. The van der Waals surface area contributed by atoms with Crippen LogP contribution in [0.2, 0.25) is 0 Å². The predicted molar refractivity (Wildman–Crippen MR) is 86.3 cm³/mol. The Kier molecular flexibility index (Phi) is 6.30. The van der Waals surface area contributed by atoms with Gasteiger partial charge in [0.25, 0.3) is 0 Å². The van der Waals surface area contributed by atoms with E-state index < -0.39 is 109 Å². The standard InChI is InChI=1S/C19H2ClF13/c20-1-2-7(21)9(23)3(10(24)8(2)22)4-11(25)13(27)5(14(28)12(4)26)6-15(29)17(31)19(33)18(32)16(6)30/h1H2. The van der Waals surface area contributed by atoms with Crippen LogP contribution in [-0.4, -0.2) is 0 Å². The largest absolute Gasteiger partial charge is 0.203 e. The van der Waals surface area contributed by atoms with Crippen molar-refractivity contribution < 1.29 is 57.1 Å². The van der Waals surface area contributed by atoms with Gasteiger partial charge in [0, 0.05) is 5.56 Å². The molecular formula is C19H2ClF13. The van der Waals surface area contributed by atoms with Crippen molar-refractivity contribution in [2.24, 2.45) is 0 Å². The van der Waals surface area contributed by atoms with Crippen LogP contribution in [0.3, 0.4) is 0 Å². The summed E-state index contributed by atoms with van der Waals surface area (Å²) in [5.74, 6) is -36.5. The lowest BCUT2D eigenvalue weighted by Gasteiger charge is -2.16. The summed E-state index contributed by atoms with van der Waals surface area (Å²) in [5.41, 5.74) is -11.1. The molecule has 0 bridgehead atoms. The summed E-state index contributed by atoms with van der Waals surface area (Å²) < 4.78 is 182. The van der Waals surface area contributed by atoms with Crippen LogP contribution < -0.4 is 0 Å². The average Bonchev–Trinajstić information content (AvgIpc) is 2.78. The van der Waals surface area contributed by atoms with Gasteiger partial charge in [-0.25, -0.2) is 57.1 Å². The van der Waals surface area contributed by atoms with Gasteiger partial charge in [-0.1, -0.05) is 0 Å². The lowest BCUT2D eigenvalue weighted by atomic mass is 9.94. The number of hydrogen-bond donors (Lipinski definition) is 0. The van der Waals surface area contributed by atoms with Crippen molar-refractivity contribution in [2.75, 3.05) is 0 Å². The second-order valence-corrected chi connectivity index (χ2v) is 6.46. The third-order valence-corrected chi connectivity index (χ3v) is 4.73. The Hall–Kier alpha value is -2.96. The minimum atomic E-state index is -2.90. The molecule has 3 aromatic carbocycles. The molecule has 14 heteroatoms. The summed E-state index contributed by atoms with van der Waals surface area (Å²) >= 11 is 5.11. The fraction of sp³-hybridized carbons (Fsp3) is 0.0526. The Bertz CT molecular complexity index is 1250. The molecule has 0 spiro atoms. The summed E-state index contributed by atoms with van der Waals surface area (Å²) in [6, 6.07) is 0. The van der Waals surface area contributed by atoms with Gasteiger partial charge in [-0.3, -0.25) is 0 Å². The number of halogens is 14. The van der Waals surface area contributed by atoms with E-state index in [0.717, 1.165) is 0 Å². The zero-order chi connectivity index (χ0) is 25.1. The second kappa shape index (κ2) is 8.43. The molecule has 0 radical (unpaired) electrons. The monoisotopic (exact) mass is 512 g/mol. The minimum Gasteiger partial charge on any atom is -0.203 e. The lowest BCUT2D eigenvalue weighted by Crippen LogP contribution is -2.12. The highest BCUT2D eigenvalue weighted by Gasteiger charge is 2.37. The van der Waals surface area contributed by atoms with Crippen LogP contribution in [0.25, 0.3) is 22.3 Å². The molecule has 0 aliphatic carbocycles. The fourth-order valence-corrected chi connectivity index (χ4v) is 3.14. The molecule has 3 rings (SSSR count). The molecule has 3 aromatic rings. The van der Waals surface area contributed by atoms with E-state index >= 15 is 0 Å². The zero-order valence-electron chi connectivity index (χ0n) is 15.0. The lowest BCUT2D eigenvalue weighted by molar-refractivity contribution is 0.379. The summed E-state index contributed by atoms with van der Waals surface area (Å²) in [4.78, 5) is 0. The molecule has 176 valence electrons. The smallest absolute Gasteiger partial charge is 0.200 e. The van der Waals surface area contributed by atoms with Gasteiger partial charge in [-0.05, 0) is 0 Å². The van der Waals surface area contributed by atoms with Crippen LogP contribution in [-0.2, 0) is 5.88 Å². The molecule has 0 N–H and O–H groups in total. The van der Waals surface area contributed by atoms with Crippen LogP contribution in [0.15, 0.2) is 0 Å². The van der Waals surface area contributed by atoms with E-state index in [1.165, 1.54) is 0 Å². The highest BCUT2D eigenvalue weighted by Crippen LogP contribution is 2.42. The van der Waals surface area contributed by atoms with Crippen molar-refractivity contribution in [1.29, 1.82) is 0 Å². The van der Waals surface area contributed by atoms with E-state index in [1.54, 1.807) is 0 Å². The number of alkyl halides is 1. The first-order chi connectivity index (χ1) is 15.3. The van der Waals surface area contributed by atoms with E-state index in [0.29, 0.717) is 0 Å². The van der Waals surface area contributed by atoms with Crippen molar-refractivity contribution >= 4 is 11.6 Å². The number of benzene rings is 3. The van der Waals surface area contributed by atoms with E-state index in [2.05, 4.69) is 0 Å². The van der Waals surface area contributed by atoms with Crippen molar-refractivity contribution in [2.45, 2.75) is 5.88 Å². The first-order valence-electron chi connectivity index (χ1n) is 8.08. The van der Waals surface area contributed by atoms with Crippen LogP contribution in [0.4, 0.5) is 57.1 Å². The van der Waals surface area contributed by atoms with Gasteiger partial charge in [0.1, 0.15) is 0 Å². The quantitative estimate of drug-likeness (QED) is 0.147. The van der Waals surface area contributed by atoms with E-state index in [4.69, 9.17) is 11.6 Å². The maximum Gasteiger partial charge on any atom is 0.200 e. The highest BCUT2D eigenvalue weighted by atomic mass is 35.5. The number of hydrogen-bond acceptors (Lipinski definition) is 0. The molecule has 0 aliphatic rings. The molecular weight excluding hydrogens is 511 g/mol. The molecule has 0 fully saturated rings. The van der Waals surface area contributed by atoms with Gasteiger partial charge in [0.15, 0.2) is 69.8 Å². The van der Waals surface area contributed by atoms with Crippen LogP contribution in [0.5, 0.6) is 0 Å². The zero-order valence-corrected chi connectivity index (χ0v) is 15.8. The van der Waals surface area contributed by atoms with Gasteiger partial charge < -0.3 is 0 Å². The molecule has 0 atom stereocenters. The molecule has 0 heterocycles. The van der Waals surface area contributed by atoms with E-state index in [-0.39, 0.29) is 0 Å². The normalized spacial score (nSPS) is 11.5. The Labute approximate surface area is 178 Å². The van der Waals surface area contributed by atoms with Crippen molar-refractivity contribution in [3.05, 3.63) is 81.2 Å². The van der Waals surface area contributed by atoms with Gasteiger partial charge in [-0.15, -0.1) is 11.6 Å². The maximum atomic E-state index is 14.5. The Morgan fingerprint density at radius 1 is 0.303 bits per heavy atom. The second-order valence-electron chi connectivity index (χ2n) is 6.19. The van der Waals surface area contributed by atoms with Crippen molar-refractivity contribution in [1.82, 2.24) is 0 Å². The summed E-state index contributed by atoms with van der Waals surface area (Å²) in [5, 5.41) is 0. The maximum absolute atomic E-state index is 14.5. The van der Waals surface area contributed by atoms with Gasteiger partial charge in [0.2, 0.25) is 5.82 Å². The highest BCUT2D eigenvalue weighted by molar-refractivity contribution is 6.17. The Morgan fingerprint density at radius 2 is 0.485 bits per heavy atom. The minimum absolute atomic E-state index is 1.18. The van der Waals surface area contributed by atoms with Gasteiger partial charge in [0.05, 0.1) is 28.1 Å².